The lowest BCUT2D eigenvalue weighted by molar-refractivity contribution is -0.150. The number of rotatable bonds is 6. The molecule has 1 aromatic carbocycles. The van der Waals surface area contributed by atoms with Gasteiger partial charge in [-0.25, -0.2) is 4.79 Å². The molecule has 2 rings (SSSR count). The summed E-state index contributed by atoms with van der Waals surface area (Å²) < 4.78 is 10.3. The van der Waals surface area contributed by atoms with Crippen molar-refractivity contribution in [2.45, 2.75) is 51.7 Å². The van der Waals surface area contributed by atoms with Gasteiger partial charge in [0.25, 0.3) is 5.91 Å². The Morgan fingerprint density at radius 3 is 2.76 bits per heavy atom. The molecule has 0 radical (unpaired) electrons. The predicted octanol–water partition coefficient (Wildman–Crippen LogP) is 3.34. The van der Waals surface area contributed by atoms with Crippen LogP contribution in [0.1, 0.15) is 45.1 Å². The monoisotopic (exact) mass is 345 g/mol. The van der Waals surface area contributed by atoms with Crippen LogP contribution in [0.3, 0.4) is 0 Å². The summed E-state index contributed by atoms with van der Waals surface area (Å²) in [7, 11) is 1.59. The number of hydrogen-bond donors (Lipinski definition) is 1. The zero-order valence-corrected chi connectivity index (χ0v) is 15.2. The molecule has 5 heteroatoms. The standard InChI is InChI=1S/C20H27NO4/c1-14-7-4-5-10-18(14)21-20(23)15(2)25-19(22)12-11-16-8-6-9-17(13-16)24-3/h6,8-9,11-15,18H,4-5,7,10H2,1-3H3,(H,21,23)/b12-11+. The number of amides is 1. The molecule has 5 nitrogen and oxygen atoms in total. The van der Waals surface area contributed by atoms with Crippen LogP contribution in [0.4, 0.5) is 0 Å². The fourth-order valence-corrected chi connectivity index (χ4v) is 3.01. The van der Waals surface area contributed by atoms with E-state index in [9.17, 15) is 9.59 Å². The smallest absolute Gasteiger partial charge is 0.331 e. The molecule has 1 aliphatic carbocycles. The summed E-state index contributed by atoms with van der Waals surface area (Å²) in [5.74, 6) is 0.405. The second-order valence-corrected chi connectivity index (χ2v) is 6.57. The van der Waals surface area contributed by atoms with Gasteiger partial charge < -0.3 is 14.8 Å². The third-order valence-corrected chi connectivity index (χ3v) is 4.61. The molecule has 3 atom stereocenters. The summed E-state index contributed by atoms with van der Waals surface area (Å²) in [5.41, 5.74) is 0.824. The minimum atomic E-state index is -0.809. The Balaban J connectivity index is 1.84. The third kappa shape index (κ3) is 5.93. The van der Waals surface area contributed by atoms with Gasteiger partial charge in [0.2, 0.25) is 0 Å². The van der Waals surface area contributed by atoms with E-state index in [4.69, 9.17) is 9.47 Å². The van der Waals surface area contributed by atoms with Crippen LogP contribution in [0.25, 0.3) is 6.08 Å². The molecule has 1 saturated carbocycles. The largest absolute Gasteiger partial charge is 0.497 e. The summed E-state index contributed by atoms with van der Waals surface area (Å²) in [6.45, 7) is 3.75. The van der Waals surface area contributed by atoms with Gasteiger partial charge in [-0.05, 0) is 49.5 Å². The van der Waals surface area contributed by atoms with Crippen molar-refractivity contribution < 1.29 is 19.1 Å². The van der Waals surface area contributed by atoms with E-state index in [-0.39, 0.29) is 11.9 Å². The predicted molar refractivity (Wildman–Crippen MR) is 97.1 cm³/mol. The first-order valence-corrected chi connectivity index (χ1v) is 8.82. The number of carbonyl (C=O) groups is 2. The van der Waals surface area contributed by atoms with Crippen molar-refractivity contribution in [3.8, 4) is 5.75 Å². The van der Waals surface area contributed by atoms with Gasteiger partial charge >= 0.3 is 5.97 Å². The molecule has 1 amide bonds. The average molecular weight is 345 g/mol. The number of nitrogens with one attached hydrogen (secondary N) is 1. The lowest BCUT2D eigenvalue weighted by atomic mass is 9.86. The lowest BCUT2D eigenvalue weighted by Gasteiger charge is -2.30. The highest BCUT2D eigenvalue weighted by molar-refractivity contribution is 5.90. The molecule has 0 spiro atoms. The van der Waals surface area contributed by atoms with Crippen molar-refractivity contribution in [3.05, 3.63) is 35.9 Å². The fraction of sp³-hybridized carbons (Fsp3) is 0.500. The molecular formula is C20H27NO4. The van der Waals surface area contributed by atoms with Gasteiger partial charge in [-0.15, -0.1) is 0 Å². The van der Waals surface area contributed by atoms with Gasteiger partial charge in [0, 0.05) is 12.1 Å². The molecule has 0 aromatic heterocycles. The van der Waals surface area contributed by atoms with Crippen LogP contribution in [0.15, 0.2) is 30.3 Å². The summed E-state index contributed by atoms with van der Waals surface area (Å²) in [6.07, 6.45) is 6.61. The summed E-state index contributed by atoms with van der Waals surface area (Å²) in [4.78, 5) is 24.1. The molecule has 25 heavy (non-hydrogen) atoms. The van der Waals surface area contributed by atoms with Crippen molar-refractivity contribution in [3.63, 3.8) is 0 Å². The lowest BCUT2D eigenvalue weighted by Crippen LogP contribution is -2.45. The zero-order chi connectivity index (χ0) is 18.2. The number of hydrogen-bond acceptors (Lipinski definition) is 4. The number of carbonyl (C=O) groups excluding carboxylic acids is 2. The molecule has 1 N–H and O–H groups in total. The zero-order valence-electron chi connectivity index (χ0n) is 15.2. The van der Waals surface area contributed by atoms with Gasteiger partial charge in [-0.1, -0.05) is 31.9 Å². The van der Waals surface area contributed by atoms with Crippen molar-refractivity contribution in [2.24, 2.45) is 5.92 Å². The Bertz CT molecular complexity index is 626. The highest BCUT2D eigenvalue weighted by atomic mass is 16.5. The van der Waals surface area contributed by atoms with Gasteiger partial charge in [-0.3, -0.25) is 4.79 Å². The van der Waals surface area contributed by atoms with Crippen LogP contribution < -0.4 is 10.1 Å². The van der Waals surface area contributed by atoms with E-state index in [1.807, 2.05) is 24.3 Å². The van der Waals surface area contributed by atoms with E-state index >= 15 is 0 Å². The highest BCUT2D eigenvalue weighted by Gasteiger charge is 2.25. The van der Waals surface area contributed by atoms with E-state index in [1.54, 1.807) is 20.1 Å². The quantitative estimate of drug-likeness (QED) is 0.634. The summed E-state index contributed by atoms with van der Waals surface area (Å²) in [5, 5.41) is 3.01. The van der Waals surface area contributed by atoms with Crippen LogP contribution in [0, 0.1) is 5.92 Å². The molecule has 0 bridgehead atoms. The molecule has 1 aromatic rings. The topological polar surface area (TPSA) is 64.6 Å². The van der Waals surface area contributed by atoms with E-state index in [0.29, 0.717) is 11.7 Å². The van der Waals surface area contributed by atoms with Gasteiger partial charge in [0.15, 0.2) is 6.10 Å². The first-order chi connectivity index (χ1) is 12.0. The van der Waals surface area contributed by atoms with Crippen LogP contribution in [0.2, 0.25) is 0 Å². The van der Waals surface area contributed by atoms with E-state index in [0.717, 1.165) is 24.8 Å². The van der Waals surface area contributed by atoms with Crippen molar-refractivity contribution in [1.82, 2.24) is 5.32 Å². The first kappa shape index (κ1) is 19.0. The Labute approximate surface area is 149 Å². The van der Waals surface area contributed by atoms with Gasteiger partial charge in [0.05, 0.1) is 7.11 Å². The molecule has 3 unspecified atom stereocenters. The number of methoxy groups -OCH3 is 1. The van der Waals surface area contributed by atoms with Crippen LogP contribution in [0.5, 0.6) is 5.75 Å². The molecule has 1 fully saturated rings. The second kappa shape index (κ2) is 9.25. The maximum atomic E-state index is 12.2. The second-order valence-electron chi connectivity index (χ2n) is 6.57. The fourth-order valence-electron chi connectivity index (χ4n) is 3.01. The van der Waals surface area contributed by atoms with Crippen LogP contribution in [-0.4, -0.2) is 31.1 Å². The molecular weight excluding hydrogens is 318 g/mol. The minimum Gasteiger partial charge on any atom is -0.497 e. The number of esters is 1. The third-order valence-electron chi connectivity index (χ3n) is 4.61. The summed E-state index contributed by atoms with van der Waals surface area (Å²) >= 11 is 0. The number of ether oxygens (including phenoxy) is 2. The van der Waals surface area contributed by atoms with Crippen molar-refractivity contribution >= 4 is 18.0 Å². The normalized spacial score (nSPS) is 21.6. The maximum absolute atomic E-state index is 12.2. The van der Waals surface area contributed by atoms with Crippen molar-refractivity contribution in [2.75, 3.05) is 7.11 Å². The molecule has 1 aliphatic rings. The first-order valence-electron chi connectivity index (χ1n) is 8.82. The Kier molecular flexibility index (Phi) is 7.04. The minimum absolute atomic E-state index is 0.176. The molecule has 136 valence electrons. The maximum Gasteiger partial charge on any atom is 0.331 e. The Morgan fingerprint density at radius 1 is 1.28 bits per heavy atom. The number of benzene rings is 1. The van der Waals surface area contributed by atoms with Crippen LogP contribution in [-0.2, 0) is 14.3 Å². The van der Waals surface area contributed by atoms with Gasteiger partial charge in [-0.2, -0.15) is 0 Å². The van der Waals surface area contributed by atoms with Gasteiger partial charge in [0.1, 0.15) is 5.75 Å². The highest BCUT2D eigenvalue weighted by Crippen LogP contribution is 2.23. The van der Waals surface area contributed by atoms with E-state index in [1.165, 1.54) is 12.5 Å². The summed E-state index contributed by atoms with van der Waals surface area (Å²) in [6, 6.07) is 7.51. The van der Waals surface area contributed by atoms with E-state index in [2.05, 4.69) is 12.2 Å². The van der Waals surface area contributed by atoms with E-state index < -0.39 is 12.1 Å². The molecule has 0 heterocycles. The SMILES string of the molecule is COc1cccc(/C=C/C(=O)OC(C)C(=O)NC2CCCCC2C)c1. The van der Waals surface area contributed by atoms with Crippen LogP contribution >= 0.6 is 0 Å². The molecule has 0 saturated heterocycles. The Hall–Kier alpha value is -2.30. The Morgan fingerprint density at radius 2 is 2.04 bits per heavy atom. The van der Waals surface area contributed by atoms with Crippen molar-refractivity contribution in [1.29, 1.82) is 0 Å². The average Bonchev–Trinajstić information content (AvgIpc) is 2.62. The molecule has 0 aliphatic heterocycles.